The van der Waals surface area contributed by atoms with E-state index in [1.807, 2.05) is 0 Å². The molecule has 1 heterocycles. The molecule has 0 unspecified atom stereocenters. The first-order valence-corrected chi connectivity index (χ1v) is 3.82. The molecule has 70 valence electrons. The third kappa shape index (κ3) is 3.42. The van der Waals surface area contributed by atoms with Gasteiger partial charge in [0, 0.05) is 12.4 Å². The standard InChI is InChI=1S/C8H11N3O2/c1-2-5-13-8(12)11-6-7-9-3-4-10-7/h2-4H,1,5-6H2,(H,9,10)(H,11,12). The monoisotopic (exact) mass is 181 g/mol. The molecule has 0 aliphatic heterocycles. The van der Waals surface area contributed by atoms with Crippen LogP contribution in [0.3, 0.4) is 0 Å². The van der Waals surface area contributed by atoms with Gasteiger partial charge in [-0.25, -0.2) is 9.78 Å². The van der Waals surface area contributed by atoms with Crippen LogP contribution >= 0.6 is 0 Å². The fourth-order valence-corrected chi connectivity index (χ4v) is 0.736. The molecule has 1 amide bonds. The van der Waals surface area contributed by atoms with E-state index in [-0.39, 0.29) is 6.61 Å². The predicted molar refractivity (Wildman–Crippen MR) is 47.0 cm³/mol. The van der Waals surface area contributed by atoms with Crippen LogP contribution in [0.2, 0.25) is 0 Å². The zero-order valence-electron chi connectivity index (χ0n) is 7.12. The number of carbonyl (C=O) groups excluding carboxylic acids is 1. The number of alkyl carbamates (subject to hydrolysis) is 1. The lowest BCUT2D eigenvalue weighted by Gasteiger charge is -2.02. The highest BCUT2D eigenvalue weighted by Crippen LogP contribution is 1.87. The van der Waals surface area contributed by atoms with Crippen molar-refractivity contribution >= 4 is 6.09 Å². The largest absolute Gasteiger partial charge is 0.445 e. The lowest BCUT2D eigenvalue weighted by molar-refractivity contribution is 0.157. The SMILES string of the molecule is C=CCOC(=O)NCc1ncc[nH]1. The lowest BCUT2D eigenvalue weighted by atomic mass is 10.6. The van der Waals surface area contributed by atoms with Gasteiger partial charge >= 0.3 is 6.09 Å². The number of H-pyrrole nitrogens is 1. The van der Waals surface area contributed by atoms with Gasteiger partial charge in [-0.15, -0.1) is 0 Å². The van der Waals surface area contributed by atoms with E-state index in [9.17, 15) is 4.79 Å². The van der Waals surface area contributed by atoms with Crippen molar-refractivity contribution in [2.45, 2.75) is 6.54 Å². The molecule has 0 spiro atoms. The number of imidazole rings is 1. The van der Waals surface area contributed by atoms with E-state index >= 15 is 0 Å². The maximum absolute atomic E-state index is 10.9. The summed E-state index contributed by atoms with van der Waals surface area (Å²) in [7, 11) is 0. The number of amides is 1. The Morgan fingerprint density at radius 1 is 1.85 bits per heavy atom. The summed E-state index contributed by atoms with van der Waals surface area (Å²) in [5.74, 6) is 0.690. The number of nitrogens with one attached hydrogen (secondary N) is 2. The summed E-state index contributed by atoms with van der Waals surface area (Å²) in [5.41, 5.74) is 0. The highest BCUT2D eigenvalue weighted by atomic mass is 16.5. The van der Waals surface area contributed by atoms with Crippen molar-refractivity contribution in [1.82, 2.24) is 15.3 Å². The van der Waals surface area contributed by atoms with Gasteiger partial charge in [0.05, 0.1) is 6.54 Å². The average Bonchev–Trinajstić information content (AvgIpc) is 2.64. The van der Waals surface area contributed by atoms with Crippen molar-refractivity contribution < 1.29 is 9.53 Å². The predicted octanol–water partition coefficient (Wildman–Crippen LogP) is 0.822. The van der Waals surface area contributed by atoms with Crippen LogP contribution in [-0.2, 0) is 11.3 Å². The van der Waals surface area contributed by atoms with Crippen LogP contribution in [0, 0.1) is 0 Å². The van der Waals surface area contributed by atoms with Crippen LogP contribution in [0.4, 0.5) is 4.79 Å². The van der Waals surface area contributed by atoms with E-state index in [0.29, 0.717) is 12.4 Å². The number of nitrogens with zero attached hydrogens (tertiary/aromatic N) is 1. The molecule has 0 aliphatic carbocycles. The Labute approximate surface area is 75.8 Å². The second kappa shape index (κ2) is 4.97. The lowest BCUT2D eigenvalue weighted by Crippen LogP contribution is -2.24. The second-order valence-electron chi connectivity index (χ2n) is 2.28. The number of hydrogen-bond acceptors (Lipinski definition) is 3. The summed E-state index contributed by atoms with van der Waals surface area (Å²) in [5, 5.41) is 2.52. The van der Waals surface area contributed by atoms with Crippen LogP contribution in [0.15, 0.2) is 25.0 Å². The average molecular weight is 181 g/mol. The van der Waals surface area contributed by atoms with Gasteiger partial charge in [0.25, 0.3) is 0 Å². The molecule has 0 fully saturated rings. The summed E-state index contributed by atoms with van der Waals surface area (Å²) >= 11 is 0. The number of carbonyl (C=O) groups is 1. The van der Waals surface area contributed by atoms with E-state index in [1.54, 1.807) is 12.4 Å². The van der Waals surface area contributed by atoms with E-state index < -0.39 is 6.09 Å². The van der Waals surface area contributed by atoms with Gasteiger partial charge in [0.15, 0.2) is 0 Å². The Balaban J connectivity index is 2.19. The molecule has 0 aliphatic rings. The molecule has 0 atom stereocenters. The van der Waals surface area contributed by atoms with Crippen LogP contribution in [0.25, 0.3) is 0 Å². The Morgan fingerprint density at radius 3 is 3.31 bits per heavy atom. The molecule has 5 nitrogen and oxygen atoms in total. The van der Waals surface area contributed by atoms with E-state index in [2.05, 4.69) is 26.6 Å². The first kappa shape index (κ1) is 9.31. The third-order valence-corrected chi connectivity index (χ3v) is 1.29. The van der Waals surface area contributed by atoms with Gasteiger partial charge in [-0.2, -0.15) is 0 Å². The molecule has 0 saturated heterocycles. The van der Waals surface area contributed by atoms with Gasteiger partial charge in [-0.1, -0.05) is 12.7 Å². The molecule has 5 heteroatoms. The minimum atomic E-state index is -0.476. The fraction of sp³-hybridized carbons (Fsp3) is 0.250. The molecule has 1 rings (SSSR count). The van der Waals surface area contributed by atoms with Crippen molar-refractivity contribution in [3.63, 3.8) is 0 Å². The maximum Gasteiger partial charge on any atom is 0.407 e. The summed E-state index contributed by atoms with van der Waals surface area (Å²) in [6.45, 7) is 3.97. The molecule has 0 aromatic carbocycles. The first-order chi connectivity index (χ1) is 6.33. The van der Waals surface area contributed by atoms with Crippen molar-refractivity contribution in [3.8, 4) is 0 Å². The molecule has 0 radical (unpaired) electrons. The summed E-state index contributed by atoms with van der Waals surface area (Å²) < 4.78 is 4.68. The molecular weight excluding hydrogens is 170 g/mol. The Morgan fingerprint density at radius 2 is 2.69 bits per heavy atom. The number of hydrogen-bond donors (Lipinski definition) is 2. The topological polar surface area (TPSA) is 67.0 Å². The van der Waals surface area contributed by atoms with Gasteiger partial charge < -0.3 is 15.0 Å². The maximum atomic E-state index is 10.9. The molecule has 13 heavy (non-hydrogen) atoms. The molecule has 0 bridgehead atoms. The van der Waals surface area contributed by atoms with Crippen LogP contribution in [0.1, 0.15) is 5.82 Å². The van der Waals surface area contributed by atoms with E-state index in [0.717, 1.165) is 0 Å². The van der Waals surface area contributed by atoms with Crippen molar-refractivity contribution in [2.75, 3.05) is 6.61 Å². The van der Waals surface area contributed by atoms with E-state index in [1.165, 1.54) is 6.08 Å². The Bertz CT molecular complexity index is 269. The quantitative estimate of drug-likeness (QED) is 0.676. The highest BCUT2D eigenvalue weighted by Gasteiger charge is 2.00. The second-order valence-corrected chi connectivity index (χ2v) is 2.28. The minimum Gasteiger partial charge on any atom is -0.445 e. The van der Waals surface area contributed by atoms with Gasteiger partial charge in [-0.05, 0) is 0 Å². The van der Waals surface area contributed by atoms with E-state index in [4.69, 9.17) is 0 Å². The summed E-state index contributed by atoms with van der Waals surface area (Å²) in [6, 6.07) is 0. The fourth-order valence-electron chi connectivity index (χ4n) is 0.736. The van der Waals surface area contributed by atoms with Crippen LogP contribution in [0.5, 0.6) is 0 Å². The van der Waals surface area contributed by atoms with Gasteiger partial charge in [0.1, 0.15) is 12.4 Å². The minimum absolute atomic E-state index is 0.212. The molecule has 1 aromatic rings. The first-order valence-electron chi connectivity index (χ1n) is 3.82. The van der Waals surface area contributed by atoms with Gasteiger partial charge in [0.2, 0.25) is 0 Å². The number of rotatable bonds is 4. The van der Waals surface area contributed by atoms with Crippen molar-refractivity contribution in [2.24, 2.45) is 0 Å². The van der Waals surface area contributed by atoms with Gasteiger partial charge in [-0.3, -0.25) is 0 Å². The Hall–Kier alpha value is -1.78. The van der Waals surface area contributed by atoms with Crippen molar-refractivity contribution in [3.05, 3.63) is 30.9 Å². The smallest absolute Gasteiger partial charge is 0.407 e. The zero-order valence-corrected chi connectivity index (χ0v) is 7.12. The molecule has 1 aromatic heterocycles. The Kier molecular flexibility index (Phi) is 3.56. The van der Waals surface area contributed by atoms with Crippen LogP contribution < -0.4 is 5.32 Å². The number of ether oxygens (including phenoxy) is 1. The number of aromatic nitrogens is 2. The summed E-state index contributed by atoms with van der Waals surface area (Å²) in [6.07, 6.45) is 4.33. The molecular formula is C8H11N3O2. The van der Waals surface area contributed by atoms with Crippen molar-refractivity contribution in [1.29, 1.82) is 0 Å². The third-order valence-electron chi connectivity index (χ3n) is 1.29. The summed E-state index contributed by atoms with van der Waals surface area (Å²) in [4.78, 5) is 17.6. The van der Waals surface area contributed by atoms with Crippen LogP contribution in [-0.4, -0.2) is 22.7 Å². The molecule has 0 saturated carbocycles. The number of aromatic amines is 1. The zero-order chi connectivity index (χ0) is 9.52. The molecule has 2 N–H and O–H groups in total. The highest BCUT2D eigenvalue weighted by molar-refractivity contribution is 5.67. The normalized spacial score (nSPS) is 9.23.